The number of amides is 1. The monoisotopic (exact) mass is 296 g/mol. The second kappa shape index (κ2) is 7.25. The topological polar surface area (TPSA) is 92.4 Å². The lowest BCUT2D eigenvalue weighted by molar-refractivity contribution is -0.151. The molecule has 0 spiro atoms. The first-order chi connectivity index (χ1) is 10.1. The molecule has 2 fully saturated rings. The molecule has 120 valence electrons. The molecule has 2 rings (SSSR count). The normalized spacial score (nSPS) is 28.8. The molecule has 2 saturated carbocycles. The number of aliphatic carboxylic acids is 1. The van der Waals surface area contributed by atoms with Crippen LogP contribution in [0.15, 0.2) is 0 Å². The Balaban J connectivity index is 1.93. The fraction of sp³-hybridized carbons (Fsp3) is 0.875. The predicted molar refractivity (Wildman–Crippen MR) is 80.7 cm³/mol. The van der Waals surface area contributed by atoms with E-state index >= 15 is 0 Å². The number of carbonyl (C=O) groups excluding carboxylic acids is 1. The maximum atomic E-state index is 12.4. The second-order valence-electron chi connectivity index (χ2n) is 6.75. The van der Waals surface area contributed by atoms with E-state index in [0.717, 1.165) is 44.9 Å². The van der Waals surface area contributed by atoms with Gasteiger partial charge in [0, 0.05) is 12.5 Å². The van der Waals surface area contributed by atoms with Gasteiger partial charge in [-0.25, -0.2) is 0 Å². The molecule has 0 bridgehead atoms. The quantitative estimate of drug-likeness (QED) is 0.722. The molecule has 2 aliphatic carbocycles. The van der Waals surface area contributed by atoms with Crippen molar-refractivity contribution in [1.82, 2.24) is 5.32 Å². The van der Waals surface area contributed by atoms with E-state index in [-0.39, 0.29) is 24.3 Å². The van der Waals surface area contributed by atoms with Gasteiger partial charge in [-0.05, 0) is 38.1 Å². The van der Waals surface area contributed by atoms with Crippen molar-refractivity contribution in [3.63, 3.8) is 0 Å². The van der Waals surface area contributed by atoms with Gasteiger partial charge in [0.05, 0.1) is 5.41 Å². The maximum absolute atomic E-state index is 12.4. The lowest BCUT2D eigenvalue weighted by Gasteiger charge is -2.35. The van der Waals surface area contributed by atoms with Crippen LogP contribution in [0.25, 0.3) is 0 Å². The largest absolute Gasteiger partial charge is 0.481 e. The van der Waals surface area contributed by atoms with Crippen LogP contribution in [-0.2, 0) is 9.59 Å². The van der Waals surface area contributed by atoms with Gasteiger partial charge in [0.2, 0.25) is 5.91 Å². The number of rotatable bonds is 5. The summed E-state index contributed by atoms with van der Waals surface area (Å²) in [5.41, 5.74) is 5.02. The van der Waals surface area contributed by atoms with E-state index in [1.165, 1.54) is 0 Å². The fourth-order valence-electron chi connectivity index (χ4n) is 3.92. The summed E-state index contributed by atoms with van der Waals surface area (Å²) in [4.78, 5) is 24.0. The number of hydrogen-bond acceptors (Lipinski definition) is 3. The molecule has 0 radical (unpaired) electrons. The van der Waals surface area contributed by atoms with Gasteiger partial charge in [0.15, 0.2) is 0 Å². The fourth-order valence-corrected chi connectivity index (χ4v) is 3.92. The van der Waals surface area contributed by atoms with Crippen LogP contribution in [0.2, 0.25) is 0 Å². The zero-order valence-electron chi connectivity index (χ0n) is 12.8. The molecular weight excluding hydrogens is 268 g/mol. The van der Waals surface area contributed by atoms with Gasteiger partial charge in [0.25, 0.3) is 0 Å². The Bertz CT molecular complexity index is 378. The lowest BCUT2D eigenvalue weighted by atomic mass is 9.73. The van der Waals surface area contributed by atoms with Gasteiger partial charge >= 0.3 is 5.97 Å². The smallest absolute Gasteiger partial charge is 0.311 e. The molecule has 0 aromatic heterocycles. The summed E-state index contributed by atoms with van der Waals surface area (Å²) in [5.74, 6) is -0.526. The second-order valence-corrected chi connectivity index (χ2v) is 6.75. The van der Waals surface area contributed by atoms with Crippen LogP contribution in [0, 0.1) is 17.3 Å². The molecule has 0 heterocycles. The highest BCUT2D eigenvalue weighted by Crippen LogP contribution is 2.36. The number of carboxylic acid groups (broad SMARTS) is 1. The number of nitrogens with two attached hydrogens (primary N) is 1. The third kappa shape index (κ3) is 3.76. The first kappa shape index (κ1) is 16.3. The first-order valence-electron chi connectivity index (χ1n) is 8.30. The van der Waals surface area contributed by atoms with Crippen molar-refractivity contribution in [2.75, 3.05) is 13.1 Å². The van der Waals surface area contributed by atoms with E-state index in [2.05, 4.69) is 5.32 Å². The highest BCUT2D eigenvalue weighted by Gasteiger charge is 2.40. The minimum Gasteiger partial charge on any atom is -0.481 e. The molecule has 0 aromatic rings. The highest BCUT2D eigenvalue weighted by molar-refractivity contribution is 5.81. The Morgan fingerprint density at radius 3 is 2.38 bits per heavy atom. The van der Waals surface area contributed by atoms with E-state index in [1.54, 1.807) is 0 Å². The van der Waals surface area contributed by atoms with Crippen LogP contribution in [0.4, 0.5) is 0 Å². The highest BCUT2D eigenvalue weighted by atomic mass is 16.4. The molecular formula is C16H28N2O3. The summed E-state index contributed by atoms with van der Waals surface area (Å²) in [7, 11) is 0. The van der Waals surface area contributed by atoms with Crippen molar-refractivity contribution in [3.8, 4) is 0 Å². The molecule has 0 aromatic carbocycles. The molecule has 0 aliphatic heterocycles. The number of carbonyl (C=O) groups is 2. The SMILES string of the molecule is NCC1CCCCC1C(=O)NCC1(C(=O)O)CCCCC1. The van der Waals surface area contributed by atoms with Crippen LogP contribution in [0.3, 0.4) is 0 Å². The Kier molecular flexibility index (Phi) is 5.62. The van der Waals surface area contributed by atoms with Gasteiger partial charge in [-0.3, -0.25) is 9.59 Å². The van der Waals surface area contributed by atoms with Crippen molar-refractivity contribution in [3.05, 3.63) is 0 Å². The summed E-state index contributed by atoms with van der Waals surface area (Å²) in [6.07, 6.45) is 8.44. The standard InChI is InChI=1S/C16H28N2O3/c17-10-12-6-2-3-7-13(12)14(19)18-11-16(15(20)21)8-4-1-5-9-16/h12-13H,1-11,17H2,(H,18,19)(H,20,21). The van der Waals surface area contributed by atoms with E-state index in [9.17, 15) is 14.7 Å². The van der Waals surface area contributed by atoms with Crippen molar-refractivity contribution in [2.45, 2.75) is 57.8 Å². The zero-order valence-corrected chi connectivity index (χ0v) is 12.8. The van der Waals surface area contributed by atoms with Crippen LogP contribution in [0.5, 0.6) is 0 Å². The molecule has 2 aliphatic rings. The van der Waals surface area contributed by atoms with Gasteiger partial charge in [-0.15, -0.1) is 0 Å². The maximum Gasteiger partial charge on any atom is 0.311 e. The van der Waals surface area contributed by atoms with Crippen molar-refractivity contribution in [1.29, 1.82) is 0 Å². The molecule has 5 heteroatoms. The molecule has 2 unspecified atom stereocenters. The van der Waals surface area contributed by atoms with Crippen LogP contribution < -0.4 is 11.1 Å². The Morgan fingerprint density at radius 1 is 1.10 bits per heavy atom. The predicted octanol–water partition coefficient (Wildman–Crippen LogP) is 1.90. The zero-order chi connectivity index (χ0) is 15.3. The summed E-state index contributed by atoms with van der Waals surface area (Å²) in [6, 6.07) is 0. The number of hydrogen-bond donors (Lipinski definition) is 3. The molecule has 21 heavy (non-hydrogen) atoms. The molecule has 2 atom stereocenters. The van der Waals surface area contributed by atoms with Crippen LogP contribution >= 0.6 is 0 Å². The van der Waals surface area contributed by atoms with E-state index in [1.807, 2.05) is 0 Å². The van der Waals surface area contributed by atoms with Gasteiger partial charge in [0.1, 0.15) is 0 Å². The summed E-state index contributed by atoms with van der Waals surface area (Å²) < 4.78 is 0. The molecule has 5 nitrogen and oxygen atoms in total. The minimum absolute atomic E-state index is 0.0105. The van der Waals surface area contributed by atoms with Gasteiger partial charge in [-0.2, -0.15) is 0 Å². The summed E-state index contributed by atoms with van der Waals surface area (Å²) in [5, 5.41) is 12.5. The number of carboxylic acids is 1. The third-order valence-electron chi connectivity index (χ3n) is 5.41. The van der Waals surface area contributed by atoms with E-state index in [4.69, 9.17) is 5.73 Å². The van der Waals surface area contributed by atoms with E-state index < -0.39 is 11.4 Å². The van der Waals surface area contributed by atoms with E-state index in [0.29, 0.717) is 19.4 Å². The van der Waals surface area contributed by atoms with Crippen LogP contribution in [0.1, 0.15) is 57.8 Å². The lowest BCUT2D eigenvalue weighted by Crippen LogP contribution is -2.47. The Labute approximate surface area is 126 Å². The minimum atomic E-state index is -0.762. The molecule has 1 amide bonds. The average molecular weight is 296 g/mol. The Hall–Kier alpha value is -1.10. The van der Waals surface area contributed by atoms with Crippen molar-refractivity contribution in [2.24, 2.45) is 23.0 Å². The van der Waals surface area contributed by atoms with Crippen molar-refractivity contribution >= 4 is 11.9 Å². The molecule has 0 saturated heterocycles. The molecule has 4 N–H and O–H groups in total. The third-order valence-corrected chi connectivity index (χ3v) is 5.41. The van der Waals surface area contributed by atoms with Crippen molar-refractivity contribution < 1.29 is 14.7 Å². The summed E-state index contributed by atoms with van der Waals surface area (Å²) >= 11 is 0. The Morgan fingerprint density at radius 2 is 1.76 bits per heavy atom. The van der Waals surface area contributed by atoms with Gasteiger partial charge in [-0.1, -0.05) is 32.1 Å². The van der Waals surface area contributed by atoms with Gasteiger partial charge < -0.3 is 16.2 Å². The van der Waals surface area contributed by atoms with Crippen LogP contribution in [-0.4, -0.2) is 30.1 Å². The average Bonchev–Trinajstić information content (AvgIpc) is 2.53. The first-order valence-corrected chi connectivity index (χ1v) is 8.30. The summed E-state index contributed by atoms with van der Waals surface area (Å²) in [6.45, 7) is 0.817. The number of nitrogens with one attached hydrogen (secondary N) is 1.